The predicted molar refractivity (Wildman–Crippen MR) is 105 cm³/mol. The minimum absolute atomic E-state index is 0.0264. The highest BCUT2D eigenvalue weighted by Crippen LogP contribution is 2.55. The number of hydrogen-bond donors (Lipinski definition) is 1. The van der Waals surface area contributed by atoms with Crippen molar-refractivity contribution >= 4 is 18.0 Å². The summed E-state index contributed by atoms with van der Waals surface area (Å²) < 4.78 is 45.7. The van der Waals surface area contributed by atoms with E-state index in [1.807, 2.05) is 27.7 Å². The molecule has 1 amide bonds. The number of benzene rings is 1. The number of carbonyl (C=O) groups is 1. The van der Waals surface area contributed by atoms with Gasteiger partial charge in [0.2, 0.25) is 5.84 Å². The quantitative estimate of drug-likeness (QED) is 0.805. The van der Waals surface area contributed by atoms with E-state index in [0.29, 0.717) is 13.0 Å². The number of alkyl halides is 3. The third-order valence-electron chi connectivity index (χ3n) is 5.72. The number of ether oxygens (including phenoxy) is 1. The second-order valence-corrected chi connectivity index (χ2v) is 8.67. The Bertz CT molecular complexity index is 942. The van der Waals surface area contributed by atoms with Crippen molar-refractivity contribution in [3.05, 3.63) is 29.3 Å². The molecular weight excluding hydrogens is 397 g/mol. The van der Waals surface area contributed by atoms with Gasteiger partial charge in [0.15, 0.2) is 0 Å². The van der Waals surface area contributed by atoms with Gasteiger partial charge in [-0.1, -0.05) is 27.7 Å². The van der Waals surface area contributed by atoms with Crippen molar-refractivity contribution in [1.29, 1.82) is 5.26 Å². The van der Waals surface area contributed by atoms with Gasteiger partial charge in [-0.3, -0.25) is 9.79 Å². The molecule has 1 aliphatic heterocycles. The SMILES string of the molecule is CC1(C)C(NC(=O)C2=NCCC=N2)C(C)(C)C1Oc1ccc(C#N)c(C(F)(F)F)c1. The summed E-state index contributed by atoms with van der Waals surface area (Å²) in [6, 6.07) is 4.57. The number of nitrogens with zero attached hydrogens (tertiary/aromatic N) is 3. The van der Waals surface area contributed by atoms with Crippen molar-refractivity contribution in [3.63, 3.8) is 0 Å². The zero-order chi connectivity index (χ0) is 22.3. The number of rotatable bonds is 4. The first-order valence-electron chi connectivity index (χ1n) is 9.55. The Morgan fingerprint density at radius 1 is 1.27 bits per heavy atom. The minimum Gasteiger partial charge on any atom is -0.489 e. The second kappa shape index (κ2) is 7.42. The lowest BCUT2D eigenvalue weighted by Crippen LogP contribution is -2.75. The van der Waals surface area contributed by atoms with Crippen LogP contribution in [-0.4, -0.2) is 36.6 Å². The average molecular weight is 420 g/mol. The number of amidine groups is 1. The first-order valence-corrected chi connectivity index (χ1v) is 9.55. The fourth-order valence-electron chi connectivity index (χ4n) is 4.61. The summed E-state index contributed by atoms with van der Waals surface area (Å²) in [5.74, 6) is -0.231. The van der Waals surface area contributed by atoms with Gasteiger partial charge in [-0.25, -0.2) is 4.99 Å². The number of carbonyl (C=O) groups excluding carboxylic acids is 1. The van der Waals surface area contributed by atoms with Gasteiger partial charge in [0.1, 0.15) is 11.9 Å². The molecule has 0 radical (unpaired) electrons. The van der Waals surface area contributed by atoms with Crippen LogP contribution in [0.15, 0.2) is 28.2 Å². The molecule has 3 rings (SSSR count). The predicted octanol–water partition coefficient (Wildman–Crippen LogP) is 3.75. The monoisotopic (exact) mass is 420 g/mol. The number of nitriles is 1. The maximum Gasteiger partial charge on any atom is 0.417 e. The molecule has 6 nitrogen and oxygen atoms in total. The van der Waals surface area contributed by atoms with E-state index < -0.39 is 34.2 Å². The molecule has 0 bridgehead atoms. The molecule has 1 aliphatic carbocycles. The largest absolute Gasteiger partial charge is 0.489 e. The zero-order valence-corrected chi connectivity index (χ0v) is 17.2. The maximum atomic E-state index is 13.3. The molecule has 1 saturated carbocycles. The summed E-state index contributed by atoms with van der Waals surface area (Å²) in [7, 11) is 0. The summed E-state index contributed by atoms with van der Waals surface area (Å²) in [5, 5.41) is 11.9. The van der Waals surface area contributed by atoms with Crippen LogP contribution in [0, 0.1) is 22.2 Å². The molecule has 1 N–H and O–H groups in total. The summed E-state index contributed by atoms with van der Waals surface area (Å²) >= 11 is 0. The lowest BCUT2D eigenvalue weighted by molar-refractivity contribution is -0.171. The summed E-state index contributed by atoms with van der Waals surface area (Å²) in [6.07, 6.45) is -2.79. The van der Waals surface area contributed by atoms with Crippen molar-refractivity contribution in [2.75, 3.05) is 6.54 Å². The average Bonchev–Trinajstić information content (AvgIpc) is 2.69. The molecule has 0 spiro atoms. The van der Waals surface area contributed by atoms with E-state index in [9.17, 15) is 18.0 Å². The van der Waals surface area contributed by atoms with Crippen LogP contribution in [0.5, 0.6) is 5.75 Å². The Kier molecular flexibility index (Phi) is 5.39. The minimum atomic E-state index is -4.66. The van der Waals surface area contributed by atoms with Crippen molar-refractivity contribution in [1.82, 2.24) is 5.32 Å². The van der Waals surface area contributed by atoms with Gasteiger partial charge in [-0.05, 0) is 18.2 Å². The van der Waals surface area contributed by atoms with Gasteiger partial charge in [-0.2, -0.15) is 18.4 Å². The number of hydrogen-bond acceptors (Lipinski definition) is 5. The molecule has 9 heteroatoms. The van der Waals surface area contributed by atoms with E-state index in [-0.39, 0.29) is 23.5 Å². The Hall–Kier alpha value is -2.89. The second-order valence-electron chi connectivity index (χ2n) is 8.67. The Morgan fingerprint density at radius 2 is 1.93 bits per heavy atom. The molecule has 0 unspecified atom stereocenters. The van der Waals surface area contributed by atoms with Crippen molar-refractivity contribution in [2.24, 2.45) is 20.8 Å². The number of halogens is 3. The highest BCUT2D eigenvalue weighted by atomic mass is 19.4. The van der Waals surface area contributed by atoms with E-state index in [1.54, 1.807) is 12.3 Å². The third kappa shape index (κ3) is 3.78. The van der Waals surface area contributed by atoms with Crippen LogP contribution in [0.2, 0.25) is 0 Å². The number of nitrogens with one attached hydrogen (secondary N) is 1. The first kappa shape index (κ1) is 21.8. The first-order chi connectivity index (χ1) is 13.9. The van der Waals surface area contributed by atoms with Crippen LogP contribution in [0.1, 0.15) is 45.2 Å². The van der Waals surface area contributed by atoms with Gasteiger partial charge in [-0.15, -0.1) is 0 Å². The molecule has 160 valence electrons. The Balaban J connectivity index is 1.80. The Labute approximate surface area is 172 Å². The fourth-order valence-corrected chi connectivity index (χ4v) is 4.61. The third-order valence-corrected chi connectivity index (χ3v) is 5.72. The van der Waals surface area contributed by atoms with Gasteiger partial charge in [0.05, 0.1) is 17.2 Å². The van der Waals surface area contributed by atoms with Crippen molar-refractivity contribution < 1.29 is 22.7 Å². The van der Waals surface area contributed by atoms with Crippen LogP contribution < -0.4 is 10.1 Å². The van der Waals surface area contributed by atoms with Crippen molar-refractivity contribution in [2.45, 2.75) is 52.4 Å². The van der Waals surface area contributed by atoms with E-state index in [4.69, 9.17) is 10.00 Å². The van der Waals surface area contributed by atoms with Gasteiger partial charge < -0.3 is 10.1 Å². The summed E-state index contributed by atoms with van der Waals surface area (Å²) in [4.78, 5) is 20.7. The lowest BCUT2D eigenvalue weighted by atomic mass is 9.49. The van der Waals surface area contributed by atoms with Gasteiger partial charge in [0, 0.05) is 36.1 Å². The molecule has 1 aromatic rings. The molecule has 0 aromatic heterocycles. The molecule has 0 saturated heterocycles. The van der Waals surface area contributed by atoms with E-state index in [1.165, 1.54) is 6.07 Å². The lowest BCUT2D eigenvalue weighted by Gasteiger charge is -2.63. The van der Waals surface area contributed by atoms with Gasteiger partial charge in [0.25, 0.3) is 5.91 Å². The highest BCUT2D eigenvalue weighted by molar-refractivity contribution is 6.39. The number of aliphatic imine (C=N–C) groups is 2. The molecular formula is C21H23F3N4O2. The molecule has 1 fully saturated rings. The van der Waals surface area contributed by atoms with Crippen LogP contribution in [0.3, 0.4) is 0 Å². The molecule has 2 aliphatic rings. The zero-order valence-electron chi connectivity index (χ0n) is 17.2. The molecule has 1 heterocycles. The normalized spacial score (nSPS) is 24.3. The van der Waals surface area contributed by atoms with Crippen molar-refractivity contribution in [3.8, 4) is 11.8 Å². The van der Waals surface area contributed by atoms with E-state index in [0.717, 1.165) is 12.1 Å². The fraction of sp³-hybridized carbons (Fsp3) is 0.524. The highest BCUT2D eigenvalue weighted by Gasteiger charge is 2.64. The standard InChI is InChI=1S/C21H23F3N4O2/c1-19(2)17(28-16(29)15-26-8-5-9-27-15)20(3,4)18(19)30-13-7-6-12(11-25)14(10-13)21(22,23)24/h6-8,10,17-18H,5,9H2,1-4H3,(H,28,29). The van der Waals surface area contributed by atoms with Gasteiger partial charge >= 0.3 is 6.18 Å². The molecule has 1 aromatic carbocycles. The van der Waals surface area contributed by atoms with Crippen LogP contribution in [0.25, 0.3) is 0 Å². The summed E-state index contributed by atoms with van der Waals surface area (Å²) in [5.41, 5.74) is -2.62. The number of amides is 1. The molecule has 0 atom stereocenters. The van der Waals surface area contributed by atoms with Crippen LogP contribution in [-0.2, 0) is 11.0 Å². The molecule has 30 heavy (non-hydrogen) atoms. The smallest absolute Gasteiger partial charge is 0.417 e. The summed E-state index contributed by atoms with van der Waals surface area (Å²) in [6.45, 7) is 8.04. The van der Waals surface area contributed by atoms with Crippen LogP contribution >= 0.6 is 0 Å². The Morgan fingerprint density at radius 3 is 2.47 bits per heavy atom. The van der Waals surface area contributed by atoms with Crippen LogP contribution in [0.4, 0.5) is 13.2 Å². The van der Waals surface area contributed by atoms with E-state index >= 15 is 0 Å². The van der Waals surface area contributed by atoms with E-state index in [2.05, 4.69) is 15.3 Å². The maximum absolute atomic E-state index is 13.3. The topological polar surface area (TPSA) is 86.8 Å².